The summed E-state index contributed by atoms with van der Waals surface area (Å²) in [5.74, 6) is 0.235. The molecular formula is C11H13F3. The van der Waals surface area contributed by atoms with E-state index in [0.29, 0.717) is 12.0 Å². The van der Waals surface area contributed by atoms with Crippen LogP contribution < -0.4 is 0 Å². The highest BCUT2D eigenvalue weighted by molar-refractivity contribution is 5.29. The summed E-state index contributed by atoms with van der Waals surface area (Å²) in [5.41, 5.74) is -0.122. The number of hydrogen-bond acceptors (Lipinski definition) is 0. The molecule has 0 aromatic heterocycles. The molecule has 1 aromatic carbocycles. The van der Waals surface area contributed by atoms with Crippen molar-refractivity contribution < 1.29 is 13.2 Å². The highest BCUT2D eigenvalue weighted by Crippen LogP contribution is 2.32. The van der Waals surface area contributed by atoms with E-state index in [1.807, 2.05) is 13.8 Å². The zero-order chi connectivity index (χ0) is 10.8. The molecule has 0 N–H and O–H groups in total. The van der Waals surface area contributed by atoms with Crippen molar-refractivity contribution >= 4 is 0 Å². The lowest BCUT2D eigenvalue weighted by atomic mass is 9.98. The largest absolute Gasteiger partial charge is 0.416 e. The Kier molecular flexibility index (Phi) is 3.19. The molecule has 0 nitrogen and oxygen atoms in total. The summed E-state index contributed by atoms with van der Waals surface area (Å²) in [7, 11) is 0. The summed E-state index contributed by atoms with van der Waals surface area (Å²) in [5, 5.41) is 0. The molecule has 0 amide bonds. The number of benzene rings is 1. The minimum absolute atomic E-state index is 0.235. The van der Waals surface area contributed by atoms with Crippen LogP contribution in [0.15, 0.2) is 24.3 Å². The zero-order valence-electron chi connectivity index (χ0n) is 8.23. The Morgan fingerprint density at radius 1 is 1.14 bits per heavy atom. The van der Waals surface area contributed by atoms with Crippen molar-refractivity contribution in [2.24, 2.45) is 5.92 Å². The molecule has 14 heavy (non-hydrogen) atoms. The first-order valence-electron chi connectivity index (χ1n) is 4.56. The highest BCUT2D eigenvalue weighted by Gasteiger charge is 2.32. The minimum atomic E-state index is -4.23. The third-order valence-electron chi connectivity index (χ3n) is 1.95. The second-order valence-corrected chi connectivity index (χ2v) is 3.75. The molecule has 0 fully saturated rings. The molecular weight excluding hydrogens is 189 g/mol. The van der Waals surface area contributed by atoms with Crippen LogP contribution in [-0.4, -0.2) is 0 Å². The summed E-state index contributed by atoms with van der Waals surface area (Å²) >= 11 is 0. The topological polar surface area (TPSA) is 0 Å². The molecule has 0 bridgehead atoms. The van der Waals surface area contributed by atoms with E-state index < -0.39 is 11.7 Å². The maximum Gasteiger partial charge on any atom is 0.416 e. The summed E-state index contributed by atoms with van der Waals surface area (Å²) < 4.78 is 37.5. The quantitative estimate of drug-likeness (QED) is 0.682. The molecule has 78 valence electrons. The molecule has 0 aliphatic rings. The van der Waals surface area contributed by atoms with Crippen LogP contribution in [-0.2, 0) is 12.6 Å². The fraction of sp³-hybridized carbons (Fsp3) is 0.455. The number of alkyl halides is 3. The Labute approximate surface area is 81.8 Å². The van der Waals surface area contributed by atoms with Gasteiger partial charge in [0.2, 0.25) is 0 Å². The number of rotatable bonds is 2. The normalized spacial score (nSPS) is 12.1. The van der Waals surface area contributed by atoms with Gasteiger partial charge in [-0.25, -0.2) is 0 Å². The van der Waals surface area contributed by atoms with E-state index in [1.54, 1.807) is 12.1 Å². The van der Waals surface area contributed by atoms with E-state index in [4.69, 9.17) is 0 Å². The van der Waals surface area contributed by atoms with E-state index >= 15 is 0 Å². The smallest absolute Gasteiger partial charge is 0.166 e. The molecule has 0 spiro atoms. The fourth-order valence-corrected chi connectivity index (χ4v) is 1.41. The average molecular weight is 202 g/mol. The molecule has 0 saturated carbocycles. The van der Waals surface area contributed by atoms with Crippen molar-refractivity contribution in [1.29, 1.82) is 0 Å². The van der Waals surface area contributed by atoms with Gasteiger partial charge in [-0.15, -0.1) is 0 Å². The lowest BCUT2D eigenvalue weighted by molar-refractivity contribution is -0.138. The SMILES string of the molecule is CC(C)Cc1ccccc1C(F)(F)F. The van der Waals surface area contributed by atoms with Gasteiger partial charge in [0.05, 0.1) is 5.56 Å². The Hall–Kier alpha value is -0.990. The first-order chi connectivity index (χ1) is 6.41. The minimum Gasteiger partial charge on any atom is -0.166 e. The summed E-state index contributed by atoms with van der Waals surface area (Å²) in [6.07, 6.45) is -3.76. The van der Waals surface area contributed by atoms with E-state index in [2.05, 4.69) is 0 Å². The van der Waals surface area contributed by atoms with Gasteiger partial charge in [0.1, 0.15) is 0 Å². The maximum absolute atomic E-state index is 12.5. The van der Waals surface area contributed by atoms with Crippen LogP contribution in [0.4, 0.5) is 13.2 Å². The van der Waals surface area contributed by atoms with Crippen LogP contribution in [0.1, 0.15) is 25.0 Å². The van der Waals surface area contributed by atoms with E-state index in [9.17, 15) is 13.2 Å². The monoisotopic (exact) mass is 202 g/mol. The van der Waals surface area contributed by atoms with Crippen molar-refractivity contribution in [3.05, 3.63) is 35.4 Å². The van der Waals surface area contributed by atoms with Crippen molar-refractivity contribution in [2.75, 3.05) is 0 Å². The summed E-state index contributed by atoms with van der Waals surface area (Å²) in [4.78, 5) is 0. The third kappa shape index (κ3) is 2.76. The number of halogens is 3. The Balaban J connectivity index is 3.04. The van der Waals surface area contributed by atoms with Crippen LogP contribution in [0.2, 0.25) is 0 Å². The maximum atomic E-state index is 12.5. The molecule has 0 radical (unpaired) electrons. The van der Waals surface area contributed by atoms with Crippen LogP contribution >= 0.6 is 0 Å². The molecule has 3 heteroatoms. The average Bonchev–Trinajstić information content (AvgIpc) is 2.01. The van der Waals surface area contributed by atoms with Crippen LogP contribution in [0, 0.1) is 5.92 Å². The predicted octanol–water partition coefficient (Wildman–Crippen LogP) is 3.90. The van der Waals surface area contributed by atoms with E-state index in [-0.39, 0.29) is 5.92 Å². The van der Waals surface area contributed by atoms with Crippen molar-refractivity contribution in [1.82, 2.24) is 0 Å². The van der Waals surface area contributed by atoms with Gasteiger partial charge in [0.25, 0.3) is 0 Å². The molecule has 0 unspecified atom stereocenters. The standard InChI is InChI=1S/C11H13F3/c1-8(2)7-9-5-3-4-6-10(9)11(12,13)14/h3-6,8H,7H2,1-2H3. The highest BCUT2D eigenvalue weighted by atomic mass is 19.4. The van der Waals surface area contributed by atoms with Crippen molar-refractivity contribution in [2.45, 2.75) is 26.4 Å². The lowest BCUT2D eigenvalue weighted by Crippen LogP contribution is -2.10. The van der Waals surface area contributed by atoms with Crippen LogP contribution in [0.3, 0.4) is 0 Å². The second-order valence-electron chi connectivity index (χ2n) is 3.75. The van der Waals surface area contributed by atoms with Gasteiger partial charge in [0.15, 0.2) is 0 Å². The van der Waals surface area contributed by atoms with Gasteiger partial charge in [-0.2, -0.15) is 13.2 Å². The summed E-state index contributed by atoms with van der Waals surface area (Å²) in [6, 6.07) is 5.75. The molecule has 1 aromatic rings. The fourth-order valence-electron chi connectivity index (χ4n) is 1.41. The first-order valence-corrected chi connectivity index (χ1v) is 4.56. The Bertz CT molecular complexity index is 300. The molecule has 0 atom stereocenters. The van der Waals surface area contributed by atoms with Gasteiger partial charge in [-0.05, 0) is 24.0 Å². The Morgan fingerprint density at radius 3 is 2.21 bits per heavy atom. The van der Waals surface area contributed by atoms with Crippen molar-refractivity contribution in [3.8, 4) is 0 Å². The van der Waals surface area contributed by atoms with Crippen molar-refractivity contribution in [3.63, 3.8) is 0 Å². The molecule has 1 rings (SSSR count). The molecule has 0 aliphatic heterocycles. The van der Waals surface area contributed by atoms with Gasteiger partial charge in [-0.3, -0.25) is 0 Å². The molecule has 0 aliphatic carbocycles. The summed E-state index contributed by atoms with van der Waals surface area (Å²) in [6.45, 7) is 3.82. The van der Waals surface area contributed by atoms with Crippen LogP contribution in [0.5, 0.6) is 0 Å². The third-order valence-corrected chi connectivity index (χ3v) is 1.95. The van der Waals surface area contributed by atoms with Gasteiger partial charge in [-0.1, -0.05) is 32.0 Å². The van der Waals surface area contributed by atoms with E-state index in [1.165, 1.54) is 6.07 Å². The van der Waals surface area contributed by atoms with Crippen LogP contribution in [0.25, 0.3) is 0 Å². The lowest BCUT2D eigenvalue weighted by Gasteiger charge is -2.13. The second kappa shape index (κ2) is 4.03. The zero-order valence-corrected chi connectivity index (χ0v) is 8.23. The van der Waals surface area contributed by atoms with Gasteiger partial charge >= 0.3 is 6.18 Å². The molecule has 0 saturated heterocycles. The Morgan fingerprint density at radius 2 is 1.71 bits per heavy atom. The van der Waals surface area contributed by atoms with E-state index in [0.717, 1.165) is 6.07 Å². The molecule has 0 heterocycles. The first kappa shape index (κ1) is 11.1. The number of hydrogen-bond donors (Lipinski definition) is 0. The van der Waals surface area contributed by atoms with Gasteiger partial charge < -0.3 is 0 Å². The predicted molar refractivity (Wildman–Crippen MR) is 50.0 cm³/mol. The van der Waals surface area contributed by atoms with Gasteiger partial charge in [0, 0.05) is 0 Å².